The molecule has 3 nitrogen and oxygen atoms in total. The third-order valence-electron chi connectivity index (χ3n) is 4.58. The number of carbonyl (C=O) groups excluding carboxylic acids is 1. The standard InChI is InChI=1S/C21H19NO2/c23-21-13-18-7-4-12-22(18)14-20(21)17-8-10-19(11-9-17)24-15-16-5-2-1-3-6-16/h1-12,20H,13-15H2. The largest absolute Gasteiger partial charge is 0.489 e. The van der Waals surface area contributed by atoms with E-state index < -0.39 is 0 Å². The van der Waals surface area contributed by atoms with Gasteiger partial charge in [0.2, 0.25) is 0 Å². The van der Waals surface area contributed by atoms with Gasteiger partial charge >= 0.3 is 0 Å². The lowest BCUT2D eigenvalue weighted by atomic mass is 9.89. The van der Waals surface area contributed by atoms with Gasteiger partial charge in [-0.2, -0.15) is 0 Å². The fourth-order valence-electron chi connectivity index (χ4n) is 3.22. The van der Waals surface area contributed by atoms with E-state index in [-0.39, 0.29) is 5.92 Å². The highest BCUT2D eigenvalue weighted by molar-refractivity contribution is 5.88. The van der Waals surface area contributed by atoms with Crippen molar-refractivity contribution in [2.24, 2.45) is 0 Å². The molecule has 0 N–H and O–H groups in total. The number of ketones is 1. The number of rotatable bonds is 4. The first kappa shape index (κ1) is 14.8. The van der Waals surface area contributed by atoms with Crippen LogP contribution in [0.4, 0.5) is 0 Å². The number of benzene rings is 2. The summed E-state index contributed by atoms with van der Waals surface area (Å²) in [5.41, 5.74) is 3.31. The summed E-state index contributed by atoms with van der Waals surface area (Å²) in [5.74, 6) is 1.06. The van der Waals surface area contributed by atoms with Crippen molar-refractivity contribution in [3.63, 3.8) is 0 Å². The molecule has 2 aromatic carbocycles. The molecule has 24 heavy (non-hydrogen) atoms. The van der Waals surface area contributed by atoms with E-state index in [9.17, 15) is 4.79 Å². The Kier molecular flexibility index (Phi) is 3.91. The summed E-state index contributed by atoms with van der Waals surface area (Å²) in [7, 11) is 0. The number of nitrogens with zero attached hydrogens (tertiary/aromatic N) is 1. The van der Waals surface area contributed by atoms with Gasteiger partial charge in [-0.05, 0) is 35.4 Å². The molecule has 0 radical (unpaired) electrons. The van der Waals surface area contributed by atoms with Crippen LogP contribution in [0.5, 0.6) is 5.75 Å². The zero-order valence-corrected chi connectivity index (χ0v) is 13.4. The molecule has 2 heterocycles. The highest BCUT2D eigenvalue weighted by Gasteiger charge is 2.27. The van der Waals surface area contributed by atoms with Gasteiger partial charge in [0.15, 0.2) is 0 Å². The molecule has 1 unspecified atom stereocenters. The summed E-state index contributed by atoms with van der Waals surface area (Å²) in [4.78, 5) is 12.4. The summed E-state index contributed by atoms with van der Waals surface area (Å²) < 4.78 is 7.99. The summed E-state index contributed by atoms with van der Waals surface area (Å²) in [6, 6.07) is 22.1. The topological polar surface area (TPSA) is 31.2 Å². The van der Waals surface area contributed by atoms with Gasteiger partial charge < -0.3 is 9.30 Å². The lowest BCUT2D eigenvalue weighted by molar-refractivity contribution is -0.121. The first-order valence-corrected chi connectivity index (χ1v) is 8.23. The molecule has 1 aliphatic heterocycles. The Morgan fingerprint density at radius 2 is 1.75 bits per heavy atom. The first-order chi connectivity index (χ1) is 11.8. The fraction of sp³-hybridized carbons (Fsp3) is 0.190. The van der Waals surface area contributed by atoms with Gasteiger partial charge in [-0.3, -0.25) is 4.79 Å². The Labute approximate surface area is 141 Å². The number of aromatic nitrogens is 1. The van der Waals surface area contributed by atoms with Crippen molar-refractivity contribution >= 4 is 5.78 Å². The van der Waals surface area contributed by atoms with Crippen molar-refractivity contribution in [3.05, 3.63) is 89.7 Å². The number of hydrogen-bond donors (Lipinski definition) is 0. The fourth-order valence-corrected chi connectivity index (χ4v) is 3.22. The Bertz CT molecular complexity index is 834. The van der Waals surface area contributed by atoms with E-state index in [1.807, 2.05) is 72.9 Å². The molecule has 1 atom stereocenters. The molecule has 3 heteroatoms. The molecule has 120 valence electrons. The normalized spacial score (nSPS) is 16.7. The minimum atomic E-state index is -0.0620. The van der Waals surface area contributed by atoms with Crippen LogP contribution < -0.4 is 4.74 Å². The zero-order valence-electron chi connectivity index (χ0n) is 13.4. The maximum atomic E-state index is 12.4. The lowest BCUT2D eigenvalue weighted by Gasteiger charge is -2.24. The molecule has 0 amide bonds. The summed E-state index contributed by atoms with van der Waals surface area (Å²) in [6.45, 7) is 1.28. The number of ether oxygens (including phenoxy) is 1. The van der Waals surface area contributed by atoms with Crippen LogP contribution in [0.25, 0.3) is 0 Å². The molecule has 0 saturated heterocycles. The highest BCUT2D eigenvalue weighted by Crippen LogP contribution is 2.28. The molecular formula is C21H19NO2. The van der Waals surface area contributed by atoms with Crippen molar-refractivity contribution < 1.29 is 9.53 Å². The van der Waals surface area contributed by atoms with Crippen LogP contribution >= 0.6 is 0 Å². The van der Waals surface area contributed by atoms with Gasteiger partial charge in [0, 0.05) is 24.9 Å². The zero-order chi connectivity index (χ0) is 16.4. The Morgan fingerprint density at radius 3 is 2.54 bits per heavy atom. The maximum Gasteiger partial charge on any atom is 0.147 e. The van der Waals surface area contributed by atoms with Crippen molar-refractivity contribution in [2.75, 3.05) is 0 Å². The van der Waals surface area contributed by atoms with E-state index in [1.54, 1.807) is 0 Å². The molecule has 0 fully saturated rings. The molecule has 0 bridgehead atoms. The first-order valence-electron chi connectivity index (χ1n) is 8.23. The molecule has 0 saturated carbocycles. The van der Waals surface area contributed by atoms with Gasteiger partial charge in [0.1, 0.15) is 18.1 Å². The predicted molar refractivity (Wildman–Crippen MR) is 93.1 cm³/mol. The van der Waals surface area contributed by atoms with E-state index in [0.29, 0.717) is 18.8 Å². The Hall–Kier alpha value is -2.81. The SMILES string of the molecule is O=C1Cc2cccn2CC1c1ccc(OCc2ccccc2)cc1. The molecule has 3 aromatic rings. The molecule has 4 rings (SSSR count). The summed E-state index contributed by atoms with van der Waals surface area (Å²) in [5, 5.41) is 0. The second-order valence-electron chi connectivity index (χ2n) is 6.19. The van der Waals surface area contributed by atoms with Crippen molar-refractivity contribution in [1.82, 2.24) is 4.57 Å². The minimum Gasteiger partial charge on any atom is -0.489 e. The number of Topliss-reactive ketones (excluding diaryl/α,β-unsaturated/α-hetero) is 1. The van der Waals surface area contributed by atoms with E-state index in [2.05, 4.69) is 4.57 Å². The number of hydrogen-bond acceptors (Lipinski definition) is 2. The van der Waals surface area contributed by atoms with Crippen molar-refractivity contribution in [2.45, 2.75) is 25.5 Å². The van der Waals surface area contributed by atoms with Gasteiger partial charge in [-0.25, -0.2) is 0 Å². The van der Waals surface area contributed by atoms with Crippen LogP contribution in [0.1, 0.15) is 22.7 Å². The van der Waals surface area contributed by atoms with Crippen LogP contribution in [0, 0.1) is 0 Å². The highest BCUT2D eigenvalue weighted by atomic mass is 16.5. The third-order valence-corrected chi connectivity index (χ3v) is 4.58. The van der Waals surface area contributed by atoms with Gasteiger partial charge in [0.05, 0.1) is 5.92 Å². The predicted octanol–water partition coefficient (Wildman–Crippen LogP) is 3.98. The second kappa shape index (κ2) is 6.36. The van der Waals surface area contributed by atoms with Crippen LogP contribution in [0.2, 0.25) is 0 Å². The van der Waals surface area contributed by atoms with Gasteiger partial charge in [-0.1, -0.05) is 42.5 Å². The van der Waals surface area contributed by atoms with Gasteiger partial charge in [-0.15, -0.1) is 0 Å². The van der Waals surface area contributed by atoms with Crippen LogP contribution in [0.3, 0.4) is 0 Å². The average molecular weight is 317 g/mol. The maximum absolute atomic E-state index is 12.4. The van der Waals surface area contributed by atoms with Crippen LogP contribution in [0.15, 0.2) is 72.9 Å². The quantitative estimate of drug-likeness (QED) is 0.729. The van der Waals surface area contributed by atoms with E-state index >= 15 is 0 Å². The smallest absolute Gasteiger partial charge is 0.147 e. The Balaban J connectivity index is 1.45. The summed E-state index contributed by atoms with van der Waals surface area (Å²) in [6.07, 6.45) is 2.57. The van der Waals surface area contributed by atoms with E-state index in [0.717, 1.165) is 29.1 Å². The van der Waals surface area contributed by atoms with Crippen molar-refractivity contribution in [3.8, 4) is 5.75 Å². The third kappa shape index (κ3) is 2.98. The number of carbonyl (C=O) groups is 1. The molecule has 0 spiro atoms. The van der Waals surface area contributed by atoms with E-state index in [1.165, 1.54) is 0 Å². The summed E-state index contributed by atoms with van der Waals surface area (Å²) >= 11 is 0. The van der Waals surface area contributed by atoms with Crippen molar-refractivity contribution in [1.29, 1.82) is 0 Å². The average Bonchev–Trinajstić information content (AvgIpc) is 3.08. The van der Waals surface area contributed by atoms with E-state index in [4.69, 9.17) is 4.74 Å². The molecule has 0 aliphatic carbocycles. The Morgan fingerprint density at radius 1 is 0.958 bits per heavy atom. The minimum absolute atomic E-state index is 0.0620. The molecular weight excluding hydrogens is 298 g/mol. The monoisotopic (exact) mass is 317 g/mol. The van der Waals surface area contributed by atoms with Crippen LogP contribution in [-0.4, -0.2) is 10.4 Å². The molecule has 1 aliphatic rings. The molecule has 1 aromatic heterocycles. The number of fused-ring (bicyclic) bond motifs is 1. The van der Waals surface area contributed by atoms with Crippen LogP contribution in [-0.2, 0) is 24.4 Å². The van der Waals surface area contributed by atoms with Gasteiger partial charge in [0.25, 0.3) is 0 Å². The lowest BCUT2D eigenvalue weighted by Crippen LogP contribution is -2.27. The second-order valence-corrected chi connectivity index (χ2v) is 6.19.